The zero-order chi connectivity index (χ0) is 32.0. The summed E-state index contributed by atoms with van der Waals surface area (Å²) in [7, 11) is 0. The van der Waals surface area contributed by atoms with E-state index in [1.807, 2.05) is 97.1 Å². The summed E-state index contributed by atoms with van der Waals surface area (Å²) in [6, 6.07) is 28.6. The lowest BCUT2D eigenvalue weighted by molar-refractivity contribution is 1.67. The molecule has 0 N–H and O–H groups in total. The van der Waals surface area contributed by atoms with Crippen molar-refractivity contribution in [1.29, 1.82) is 0 Å². The van der Waals surface area contributed by atoms with Crippen molar-refractivity contribution >= 4 is 53.9 Å². The van der Waals surface area contributed by atoms with Gasteiger partial charge in [-0.2, -0.15) is 0 Å². The Balaban J connectivity index is 1.61. The zero-order valence-electron chi connectivity index (χ0n) is 28.2. The predicted molar refractivity (Wildman–Crippen MR) is 165 cm³/mol. The number of hydrogen-bond acceptors (Lipinski definition) is 0. The summed E-state index contributed by atoms with van der Waals surface area (Å²) in [5, 5.41) is 5.97. The fourth-order valence-electron chi connectivity index (χ4n) is 5.56. The third kappa shape index (κ3) is 3.24. The fraction of sp³-hybridized carbons (Fsp3) is 0. The van der Waals surface area contributed by atoms with Crippen molar-refractivity contribution in [3.8, 4) is 22.3 Å². The number of rotatable bonds is 2. The highest BCUT2D eigenvalue weighted by atomic mass is 14.2. The Morgan fingerprint density at radius 2 is 1.08 bits per heavy atom. The lowest BCUT2D eigenvalue weighted by Gasteiger charge is -2.15. The molecule has 0 heterocycles. The van der Waals surface area contributed by atoms with Crippen LogP contribution in [-0.4, -0.2) is 0 Å². The Hall–Kier alpha value is -4.94. The molecule has 0 amide bonds. The Labute approximate surface area is 232 Å². The van der Waals surface area contributed by atoms with E-state index in [0.717, 1.165) is 32.3 Å². The van der Waals surface area contributed by atoms with E-state index >= 15 is 0 Å². The predicted octanol–water partition coefficient (Wildman–Crippen LogP) is 10.8. The van der Waals surface area contributed by atoms with Crippen molar-refractivity contribution in [3.05, 3.63) is 145 Å². The Bertz CT molecular complexity index is 2620. The number of fused-ring (bicyclic) bond motifs is 6. The molecule has 0 saturated heterocycles. The van der Waals surface area contributed by atoms with Crippen molar-refractivity contribution in [1.82, 2.24) is 0 Å². The summed E-state index contributed by atoms with van der Waals surface area (Å²) in [5.74, 6) is 0. The molecular weight excluding hydrogens is 456 g/mol. The Kier molecular flexibility index (Phi) is 3.21. The van der Waals surface area contributed by atoms with Gasteiger partial charge in [0.2, 0.25) is 0 Å². The van der Waals surface area contributed by atoms with E-state index in [1.54, 1.807) is 0 Å². The molecule has 0 aliphatic carbocycles. The normalized spacial score (nSPS) is 14.6. The van der Waals surface area contributed by atoms with Gasteiger partial charge in [0, 0.05) is 0 Å². The molecule has 0 unspecified atom stereocenters. The zero-order valence-corrected chi connectivity index (χ0v) is 20.2. The minimum Gasteiger partial charge on any atom is -0.0616 e. The molecule has 8 rings (SSSR count). The monoisotopic (exact) mass is 488 g/mol. The van der Waals surface area contributed by atoms with Gasteiger partial charge in [0.25, 0.3) is 0 Å². The molecule has 0 bridgehead atoms. The maximum Gasteiger partial charge on any atom is 0.0636 e. The van der Waals surface area contributed by atoms with Gasteiger partial charge in [-0.05, 0) is 94.3 Å². The van der Waals surface area contributed by atoms with Crippen LogP contribution in [0, 0.1) is 0 Å². The van der Waals surface area contributed by atoms with Crippen LogP contribution in [0.15, 0.2) is 145 Å². The highest BCUT2D eigenvalue weighted by Crippen LogP contribution is 2.40. The molecule has 0 saturated carbocycles. The third-order valence-corrected chi connectivity index (χ3v) is 7.34. The molecule has 0 aliphatic heterocycles. The fourth-order valence-corrected chi connectivity index (χ4v) is 5.56. The van der Waals surface area contributed by atoms with E-state index in [0.29, 0.717) is 16.7 Å². The molecular formula is C38H24. The van der Waals surface area contributed by atoms with Crippen LogP contribution in [0.25, 0.3) is 76.1 Å². The third-order valence-electron chi connectivity index (χ3n) is 7.34. The maximum atomic E-state index is 9.51. The summed E-state index contributed by atoms with van der Waals surface area (Å²) in [5.41, 5.74) is 1.70. The molecule has 0 aromatic heterocycles. The van der Waals surface area contributed by atoms with Gasteiger partial charge in [-0.25, -0.2) is 0 Å². The van der Waals surface area contributed by atoms with Crippen LogP contribution < -0.4 is 0 Å². The van der Waals surface area contributed by atoms with Gasteiger partial charge in [-0.15, -0.1) is 0 Å². The van der Waals surface area contributed by atoms with E-state index < -0.39 is 12.1 Å². The van der Waals surface area contributed by atoms with Gasteiger partial charge in [-0.3, -0.25) is 0 Å². The second-order valence-electron chi connectivity index (χ2n) is 9.50. The van der Waals surface area contributed by atoms with Gasteiger partial charge >= 0.3 is 0 Å². The number of hydrogen-bond donors (Lipinski definition) is 0. The topological polar surface area (TPSA) is 0 Å². The van der Waals surface area contributed by atoms with Gasteiger partial charge < -0.3 is 0 Å². The van der Waals surface area contributed by atoms with Crippen molar-refractivity contribution in [2.75, 3.05) is 0 Å². The molecule has 8 aromatic rings. The van der Waals surface area contributed by atoms with Crippen molar-refractivity contribution in [2.24, 2.45) is 0 Å². The smallest absolute Gasteiger partial charge is 0.0616 e. The van der Waals surface area contributed by atoms with Crippen LogP contribution in [0.3, 0.4) is 0 Å². The Morgan fingerprint density at radius 1 is 0.395 bits per heavy atom. The quantitative estimate of drug-likeness (QED) is 0.168. The van der Waals surface area contributed by atoms with Crippen LogP contribution in [0.2, 0.25) is 0 Å². The van der Waals surface area contributed by atoms with E-state index in [4.69, 9.17) is 5.48 Å². The van der Waals surface area contributed by atoms with Crippen LogP contribution in [-0.2, 0) is 0 Å². The summed E-state index contributed by atoms with van der Waals surface area (Å²) in [4.78, 5) is 0. The van der Waals surface area contributed by atoms with Gasteiger partial charge in [0.05, 0.1) is 11.0 Å². The van der Waals surface area contributed by atoms with Crippen molar-refractivity contribution < 1.29 is 11.0 Å². The molecule has 0 fully saturated rings. The largest absolute Gasteiger partial charge is 0.0636 e. The van der Waals surface area contributed by atoms with E-state index in [1.165, 1.54) is 0 Å². The molecule has 0 spiro atoms. The van der Waals surface area contributed by atoms with E-state index in [-0.39, 0.29) is 63.4 Å². The molecule has 0 radical (unpaired) electrons. The first kappa shape index (κ1) is 14.7. The lowest BCUT2D eigenvalue weighted by Crippen LogP contribution is -1.88. The molecule has 8 aromatic carbocycles. The van der Waals surface area contributed by atoms with Gasteiger partial charge in [-0.1, -0.05) is 127 Å². The standard InChI is InChI=1S/C38H24/c1-4-12-32-25(8-1)11-7-15-34(32)29-20-21-36-31(23-29)22-28-10-3-6-14-35(28)38(36)30-19-18-27-17-16-26-9-2-5-13-33(26)37(27)24-30/h1-24H/i3D,6D,10D,14D,20D,21D,22D,23D. The summed E-state index contributed by atoms with van der Waals surface area (Å²) >= 11 is 0. The molecule has 38 heavy (non-hydrogen) atoms. The van der Waals surface area contributed by atoms with E-state index in [2.05, 4.69) is 0 Å². The second kappa shape index (κ2) is 8.30. The average Bonchev–Trinajstić information content (AvgIpc) is 3.08. The average molecular weight is 489 g/mol. The highest BCUT2D eigenvalue weighted by Gasteiger charge is 2.13. The van der Waals surface area contributed by atoms with Crippen LogP contribution in [0.1, 0.15) is 11.0 Å². The molecule has 176 valence electrons. The second-order valence-corrected chi connectivity index (χ2v) is 9.50. The first-order valence-electron chi connectivity index (χ1n) is 16.5. The number of benzene rings is 8. The summed E-state index contributed by atoms with van der Waals surface area (Å²) < 4.78 is 72.4. The highest BCUT2D eigenvalue weighted by molar-refractivity contribution is 6.16. The molecule has 0 nitrogen and oxygen atoms in total. The first-order valence-corrected chi connectivity index (χ1v) is 12.5. The van der Waals surface area contributed by atoms with Crippen molar-refractivity contribution in [2.45, 2.75) is 0 Å². The summed E-state index contributed by atoms with van der Waals surface area (Å²) in [6.45, 7) is 0. The first-order chi connectivity index (χ1) is 22.2. The lowest BCUT2D eigenvalue weighted by atomic mass is 9.88. The van der Waals surface area contributed by atoms with Crippen LogP contribution >= 0.6 is 0 Å². The minimum absolute atomic E-state index is 0.0129. The minimum atomic E-state index is -0.468. The van der Waals surface area contributed by atoms with Crippen molar-refractivity contribution in [3.63, 3.8) is 0 Å². The van der Waals surface area contributed by atoms with Gasteiger partial charge in [0.15, 0.2) is 0 Å². The Morgan fingerprint density at radius 3 is 1.97 bits per heavy atom. The van der Waals surface area contributed by atoms with E-state index in [9.17, 15) is 5.48 Å². The van der Waals surface area contributed by atoms with Gasteiger partial charge in [0.1, 0.15) is 0 Å². The van der Waals surface area contributed by atoms with Crippen LogP contribution in [0.5, 0.6) is 0 Å². The molecule has 0 heteroatoms. The van der Waals surface area contributed by atoms with Crippen LogP contribution in [0.4, 0.5) is 0 Å². The summed E-state index contributed by atoms with van der Waals surface area (Å²) in [6.07, 6.45) is 0. The maximum absolute atomic E-state index is 9.51. The molecule has 0 atom stereocenters. The molecule has 0 aliphatic rings. The SMILES string of the molecule is [2H]c1c([2H])c([2H])c2c(-c3ccc4ccc5ccccc5c4c3)c3c([2H])c([2H])c(-c4cccc5ccccc45)c([2H])c3c([2H])c2c1[2H].